The number of hydrogen-bond donors (Lipinski definition) is 0. The van der Waals surface area contributed by atoms with Crippen molar-refractivity contribution in [2.75, 3.05) is 13.1 Å². The van der Waals surface area contributed by atoms with Gasteiger partial charge in [-0.2, -0.15) is 0 Å². The van der Waals surface area contributed by atoms with E-state index in [1.807, 2.05) is 6.34 Å². The third-order valence-electron chi connectivity index (χ3n) is 2.26. The van der Waals surface area contributed by atoms with Crippen molar-refractivity contribution in [1.82, 2.24) is 4.90 Å². The molecule has 0 saturated heterocycles. The van der Waals surface area contributed by atoms with Crippen molar-refractivity contribution in [3.05, 3.63) is 0 Å². The van der Waals surface area contributed by atoms with E-state index in [9.17, 15) is 0 Å². The van der Waals surface area contributed by atoms with Crippen molar-refractivity contribution in [1.29, 1.82) is 0 Å². The highest BCUT2D eigenvalue weighted by Crippen LogP contribution is 2.24. The van der Waals surface area contributed by atoms with E-state index < -0.39 is 0 Å². The Bertz CT molecular complexity index is 127. The van der Waals surface area contributed by atoms with E-state index in [1.54, 1.807) is 0 Å². The number of aliphatic imine (C=N–C) groups is 1. The molecule has 2 rings (SSSR count). The molecule has 0 unspecified atom stereocenters. The maximum absolute atomic E-state index is 4.17. The minimum absolute atomic E-state index is 0.858. The van der Waals surface area contributed by atoms with Gasteiger partial charge in [-0.15, -0.1) is 0 Å². The Balaban J connectivity index is 1.89. The van der Waals surface area contributed by atoms with Crippen molar-refractivity contribution in [3.63, 3.8) is 0 Å². The first-order chi connectivity index (χ1) is 4.47. The second-order valence-electron chi connectivity index (χ2n) is 2.84. The molecular weight excluding hydrogens is 112 g/mol. The van der Waals surface area contributed by atoms with Crippen LogP contribution in [-0.4, -0.2) is 30.4 Å². The summed E-state index contributed by atoms with van der Waals surface area (Å²) in [5.41, 5.74) is 0. The Morgan fingerprint density at radius 3 is 2.78 bits per heavy atom. The topological polar surface area (TPSA) is 15.6 Å². The van der Waals surface area contributed by atoms with E-state index >= 15 is 0 Å². The molecule has 0 aromatic heterocycles. The summed E-state index contributed by atoms with van der Waals surface area (Å²) in [6.45, 7) is 2.20. The average molecular weight is 124 g/mol. The van der Waals surface area contributed by atoms with Crippen molar-refractivity contribution >= 4 is 6.34 Å². The van der Waals surface area contributed by atoms with Crippen LogP contribution < -0.4 is 0 Å². The summed E-state index contributed by atoms with van der Waals surface area (Å²) in [7, 11) is 0. The third-order valence-corrected chi connectivity index (χ3v) is 2.26. The zero-order valence-corrected chi connectivity index (χ0v) is 5.58. The van der Waals surface area contributed by atoms with Crippen LogP contribution >= 0.6 is 0 Å². The standard InChI is InChI=1S/C7H12N2/c1-2-7(3-1)9-5-4-8-6-9/h6-7H,1-5H2. The number of hydrogen-bond acceptors (Lipinski definition) is 2. The predicted octanol–water partition coefficient (Wildman–Crippen LogP) is 0.883. The van der Waals surface area contributed by atoms with Crippen LogP contribution in [0.5, 0.6) is 0 Å². The van der Waals surface area contributed by atoms with Crippen molar-refractivity contribution < 1.29 is 0 Å². The van der Waals surface area contributed by atoms with Gasteiger partial charge in [0.15, 0.2) is 0 Å². The van der Waals surface area contributed by atoms with Crippen LogP contribution in [0.25, 0.3) is 0 Å². The molecule has 0 radical (unpaired) electrons. The lowest BCUT2D eigenvalue weighted by Crippen LogP contribution is -2.37. The lowest BCUT2D eigenvalue weighted by atomic mass is 9.92. The van der Waals surface area contributed by atoms with Gasteiger partial charge in [0.1, 0.15) is 0 Å². The van der Waals surface area contributed by atoms with Gasteiger partial charge in [-0.05, 0) is 19.3 Å². The SMILES string of the molecule is C1=NCCN1C1CCC1. The molecule has 0 N–H and O–H groups in total. The molecule has 0 aromatic rings. The lowest BCUT2D eigenvalue weighted by molar-refractivity contribution is 0.228. The number of rotatable bonds is 1. The van der Waals surface area contributed by atoms with Gasteiger partial charge in [-0.3, -0.25) is 4.99 Å². The van der Waals surface area contributed by atoms with E-state index in [2.05, 4.69) is 9.89 Å². The van der Waals surface area contributed by atoms with Crippen molar-refractivity contribution in [3.8, 4) is 0 Å². The van der Waals surface area contributed by atoms with Gasteiger partial charge in [0.2, 0.25) is 0 Å². The largest absolute Gasteiger partial charge is 0.358 e. The van der Waals surface area contributed by atoms with Gasteiger partial charge in [0.05, 0.1) is 12.9 Å². The zero-order chi connectivity index (χ0) is 6.10. The highest BCUT2D eigenvalue weighted by atomic mass is 15.2. The molecule has 1 saturated carbocycles. The second-order valence-corrected chi connectivity index (χ2v) is 2.84. The molecule has 50 valence electrons. The first kappa shape index (κ1) is 5.27. The second kappa shape index (κ2) is 2.01. The van der Waals surface area contributed by atoms with Crippen LogP contribution in [0, 0.1) is 0 Å². The van der Waals surface area contributed by atoms with E-state index in [1.165, 1.54) is 25.8 Å². The van der Waals surface area contributed by atoms with Crippen LogP contribution in [0.1, 0.15) is 19.3 Å². The molecule has 0 spiro atoms. The molecule has 1 fully saturated rings. The van der Waals surface area contributed by atoms with Crippen LogP contribution in [0.3, 0.4) is 0 Å². The first-order valence-corrected chi connectivity index (χ1v) is 3.72. The summed E-state index contributed by atoms with van der Waals surface area (Å²) in [6.07, 6.45) is 6.23. The van der Waals surface area contributed by atoms with Gasteiger partial charge in [0, 0.05) is 12.6 Å². The van der Waals surface area contributed by atoms with Crippen molar-refractivity contribution in [2.24, 2.45) is 4.99 Å². The minimum Gasteiger partial charge on any atom is -0.358 e. The van der Waals surface area contributed by atoms with Gasteiger partial charge in [-0.1, -0.05) is 0 Å². The quantitative estimate of drug-likeness (QED) is 0.506. The average Bonchev–Trinajstić information content (AvgIpc) is 2.11. The smallest absolute Gasteiger partial charge is 0.0853 e. The predicted molar refractivity (Wildman–Crippen MR) is 37.7 cm³/mol. The van der Waals surface area contributed by atoms with Crippen molar-refractivity contribution in [2.45, 2.75) is 25.3 Å². The minimum atomic E-state index is 0.858. The molecule has 0 atom stereocenters. The molecule has 0 amide bonds. The van der Waals surface area contributed by atoms with E-state index in [0.29, 0.717) is 0 Å². The van der Waals surface area contributed by atoms with Crippen LogP contribution in [-0.2, 0) is 0 Å². The molecule has 1 heterocycles. The molecule has 2 nitrogen and oxygen atoms in total. The Hall–Kier alpha value is -0.530. The normalized spacial score (nSPS) is 26.9. The summed E-state index contributed by atoms with van der Waals surface area (Å²) >= 11 is 0. The van der Waals surface area contributed by atoms with E-state index in [4.69, 9.17) is 0 Å². The Kier molecular flexibility index (Phi) is 1.18. The summed E-state index contributed by atoms with van der Waals surface area (Å²) in [6, 6.07) is 0.858. The molecule has 2 heteroatoms. The van der Waals surface area contributed by atoms with Gasteiger partial charge in [0.25, 0.3) is 0 Å². The summed E-state index contributed by atoms with van der Waals surface area (Å²) in [5, 5.41) is 0. The molecule has 1 aliphatic heterocycles. The van der Waals surface area contributed by atoms with E-state index in [-0.39, 0.29) is 0 Å². The zero-order valence-electron chi connectivity index (χ0n) is 5.58. The summed E-state index contributed by atoms with van der Waals surface area (Å²) in [4.78, 5) is 6.55. The first-order valence-electron chi connectivity index (χ1n) is 3.72. The Morgan fingerprint density at radius 2 is 2.33 bits per heavy atom. The molecular formula is C7H12N2. The highest BCUT2D eigenvalue weighted by molar-refractivity contribution is 5.57. The fraction of sp³-hybridized carbons (Fsp3) is 0.857. The Labute approximate surface area is 55.6 Å². The van der Waals surface area contributed by atoms with Crippen LogP contribution in [0.15, 0.2) is 4.99 Å². The molecule has 0 bridgehead atoms. The van der Waals surface area contributed by atoms with E-state index in [0.717, 1.165) is 12.6 Å². The fourth-order valence-electron chi connectivity index (χ4n) is 1.39. The van der Waals surface area contributed by atoms with Gasteiger partial charge in [-0.25, -0.2) is 0 Å². The van der Waals surface area contributed by atoms with Gasteiger partial charge < -0.3 is 4.90 Å². The number of nitrogens with zero attached hydrogens (tertiary/aromatic N) is 2. The fourth-order valence-corrected chi connectivity index (χ4v) is 1.39. The molecule has 1 aliphatic carbocycles. The molecule has 2 aliphatic rings. The van der Waals surface area contributed by atoms with Crippen LogP contribution in [0.2, 0.25) is 0 Å². The lowest BCUT2D eigenvalue weighted by Gasteiger charge is -2.33. The highest BCUT2D eigenvalue weighted by Gasteiger charge is 2.23. The van der Waals surface area contributed by atoms with Gasteiger partial charge >= 0.3 is 0 Å². The summed E-state index contributed by atoms with van der Waals surface area (Å²) in [5.74, 6) is 0. The molecule has 0 aromatic carbocycles. The molecule has 9 heavy (non-hydrogen) atoms. The monoisotopic (exact) mass is 124 g/mol. The maximum Gasteiger partial charge on any atom is 0.0853 e. The summed E-state index contributed by atoms with van der Waals surface area (Å²) < 4.78 is 0. The maximum atomic E-state index is 4.17. The Morgan fingerprint density at radius 1 is 1.44 bits per heavy atom. The van der Waals surface area contributed by atoms with Crippen LogP contribution in [0.4, 0.5) is 0 Å². The third kappa shape index (κ3) is 0.824.